The number of aryl methyl sites for hydroxylation is 1. The Balaban J connectivity index is 1.86. The number of nitro benzene ring substituents is 1. The average Bonchev–Trinajstić information content (AvgIpc) is 3.32. The summed E-state index contributed by atoms with van der Waals surface area (Å²) in [7, 11) is 0. The summed E-state index contributed by atoms with van der Waals surface area (Å²) < 4.78 is 40.2. The van der Waals surface area contributed by atoms with Crippen molar-refractivity contribution in [2.75, 3.05) is 5.32 Å². The highest BCUT2D eigenvalue weighted by Crippen LogP contribution is 2.47. The predicted octanol–water partition coefficient (Wildman–Crippen LogP) is 4.40. The number of nitrogens with zero attached hydrogens (tertiary/aromatic N) is 3. The minimum Gasteiger partial charge on any atom is -0.319 e. The zero-order chi connectivity index (χ0) is 19.9. The molecule has 0 atom stereocenters. The van der Waals surface area contributed by atoms with Crippen molar-refractivity contribution in [3.05, 3.63) is 49.7 Å². The number of alkyl halides is 3. The Kier molecular flexibility index (Phi) is 4.98. The number of benzene rings is 1. The summed E-state index contributed by atoms with van der Waals surface area (Å²) in [5.41, 5.74) is -0.440. The number of nitro groups is 1. The number of carbonyl (C=O) groups is 1. The van der Waals surface area contributed by atoms with Gasteiger partial charge in [0, 0.05) is 12.0 Å². The number of rotatable bonds is 5. The summed E-state index contributed by atoms with van der Waals surface area (Å²) >= 11 is 2.95. The number of nitrogens with one attached hydrogen (secondary N) is 1. The van der Waals surface area contributed by atoms with Crippen molar-refractivity contribution in [1.82, 2.24) is 9.78 Å². The van der Waals surface area contributed by atoms with E-state index in [1.165, 1.54) is 12.1 Å². The number of hydrogen-bond acceptors (Lipinski definition) is 4. The fourth-order valence-corrected chi connectivity index (χ4v) is 3.56. The van der Waals surface area contributed by atoms with E-state index in [0.717, 1.165) is 4.68 Å². The molecule has 0 spiro atoms. The topological polar surface area (TPSA) is 90.1 Å². The molecular formula is C16H14BrF3N4O3. The number of aromatic nitrogens is 2. The Labute approximate surface area is 159 Å². The van der Waals surface area contributed by atoms with E-state index in [4.69, 9.17) is 0 Å². The first kappa shape index (κ1) is 19.3. The zero-order valence-electron chi connectivity index (χ0n) is 14.0. The molecule has 1 heterocycles. The largest absolute Gasteiger partial charge is 0.436 e. The highest BCUT2D eigenvalue weighted by molar-refractivity contribution is 9.10. The minimum absolute atomic E-state index is 0.0224. The molecule has 0 radical (unpaired) electrons. The third-order valence-electron chi connectivity index (χ3n) is 4.08. The van der Waals surface area contributed by atoms with E-state index >= 15 is 0 Å². The van der Waals surface area contributed by atoms with Crippen LogP contribution in [0.2, 0.25) is 0 Å². The van der Waals surface area contributed by atoms with Gasteiger partial charge in [0.25, 0.3) is 5.69 Å². The van der Waals surface area contributed by atoms with Gasteiger partial charge in [-0.05, 0) is 47.3 Å². The molecule has 1 N–H and O–H groups in total. The first-order valence-corrected chi connectivity index (χ1v) is 8.75. The van der Waals surface area contributed by atoms with Gasteiger partial charge in [0.2, 0.25) is 5.91 Å². The third-order valence-corrected chi connectivity index (χ3v) is 4.86. The van der Waals surface area contributed by atoms with Crippen molar-refractivity contribution >= 4 is 33.2 Å². The van der Waals surface area contributed by atoms with Crippen LogP contribution in [0.5, 0.6) is 0 Å². The summed E-state index contributed by atoms with van der Waals surface area (Å²) in [6, 6.07) is 4.27. The number of hydrogen-bond donors (Lipinski definition) is 1. The van der Waals surface area contributed by atoms with E-state index in [9.17, 15) is 28.1 Å². The maximum absolute atomic E-state index is 13.1. The lowest BCUT2D eigenvalue weighted by Crippen LogP contribution is -2.21. The van der Waals surface area contributed by atoms with Gasteiger partial charge in [-0.1, -0.05) is 6.07 Å². The van der Waals surface area contributed by atoms with Gasteiger partial charge < -0.3 is 5.32 Å². The third kappa shape index (κ3) is 4.12. The van der Waals surface area contributed by atoms with E-state index in [1.54, 1.807) is 13.0 Å². The molecular weight excluding hydrogens is 433 g/mol. The van der Waals surface area contributed by atoms with Crippen molar-refractivity contribution in [1.29, 1.82) is 0 Å². The Morgan fingerprint density at radius 2 is 2.11 bits per heavy atom. The second kappa shape index (κ2) is 6.95. The van der Waals surface area contributed by atoms with Crippen LogP contribution in [0, 0.1) is 17.0 Å². The second-order valence-corrected chi connectivity index (χ2v) is 7.10. The number of halogens is 4. The lowest BCUT2D eigenvalue weighted by atomic mass is 10.2. The van der Waals surface area contributed by atoms with Gasteiger partial charge in [0.05, 0.1) is 15.1 Å². The van der Waals surface area contributed by atoms with E-state index in [2.05, 4.69) is 26.3 Å². The molecule has 1 saturated carbocycles. The maximum Gasteiger partial charge on any atom is 0.436 e. The SMILES string of the molecule is Cc1ccc(NC(=O)Cn2nc(C(F)(F)F)c(Br)c2C2CC2)c([N+](=O)[O-])c1. The van der Waals surface area contributed by atoms with E-state index in [-0.39, 0.29) is 21.8 Å². The summed E-state index contributed by atoms with van der Waals surface area (Å²) in [6.45, 7) is 1.19. The van der Waals surface area contributed by atoms with Crippen molar-refractivity contribution in [3.63, 3.8) is 0 Å². The van der Waals surface area contributed by atoms with Gasteiger partial charge in [-0.2, -0.15) is 18.3 Å². The van der Waals surface area contributed by atoms with Gasteiger partial charge in [0.15, 0.2) is 5.69 Å². The molecule has 11 heteroatoms. The van der Waals surface area contributed by atoms with Gasteiger partial charge in [-0.3, -0.25) is 19.6 Å². The van der Waals surface area contributed by atoms with Crippen molar-refractivity contribution in [3.8, 4) is 0 Å². The van der Waals surface area contributed by atoms with Crippen LogP contribution < -0.4 is 5.32 Å². The van der Waals surface area contributed by atoms with Crippen molar-refractivity contribution < 1.29 is 22.9 Å². The molecule has 2 aromatic rings. The van der Waals surface area contributed by atoms with E-state index < -0.39 is 29.2 Å². The molecule has 0 aliphatic heterocycles. The second-order valence-electron chi connectivity index (χ2n) is 6.30. The van der Waals surface area contributed by atoms with Crippen LogP contribution in [0.15, 0.2) is 22.7 Å². The lowest BCUT2D eigenvalue weighted by molar-refractivity contribution is -0.384. The molecule has 1 fully saturated rings. The van der Waals surface area contributed by atoms with Gasteiger partial charge >= 0.3 is 6.18 Å². The smallest absolute Gasteiger partial charge is 0.319 e. The Hall–Kier alpha value is -2.43. The van der Waals surface area contributed by atoms with Crippen LogP contribution in [-0.2, 0) is 17.5 Å². The summed E-state index contributed by atoms with van der Waals surface area (Å²) in [5.74, 6) is -0.794. The molecule has 1 aromatic heterocycles. The lowest BCUT2D eigenvalue weighted by Gasteiger charge is -2.09. The first-order valence-electron chi connectivity index (χ1n) is 7.96. The normalized spacial score (nSPS) is 14.3. The number of amides is 1. The van der Waals surface area contributed by atoms with Gasteiger partial charge in [-0.15, -0.1) is 0 Å². The van der Waals surface area contributed by atoms with Crippen LogP contribution >= 0.6 is 15.9 Å². The Morgan fingerprint density at radius 1 is 1.44 bits per heavy atom. The first-order chi connectivity index (χ1) is 12.6. The van der Waals surface area contributed by atoms with E-state index in [0.29, 0.717) is 24.1 Å². The Bertz CT molecular complexity index is 922. The van der Waals surface area contributed by atoms with Crippen LogP contribution in [-0.4, -0.2) is 20.6 Å². The standard InChI is InChI=1S/C16H14BrF3N4O3/c1-8-2-5-10(11(6-8)24(26)27)21-12(25)7-23-14(9-3-4-9)13(17)15(22-23)16(18,19)20/h2,5-6,9H,3-4,7H2,1H3,(H,21,25). The molecule has 1 aliphatic rings. The molecule has 0 saturated heterocycles. The summed E-state index contributed by atoms with van der Waals surface area (Å²) in [6.07, 6.45) is -3.22. The van der Waals surface area contributed by atoms with E-state index in [1.807, 2.05) is 0 Å². The fraction of sp³-hybridized carbons (Fsp3) is 0.375. The number of anilines is 1. The highest BCUT2D eigenvalue weighted by atomic mass is 79.9. The Morgan fingerprint density at radius 3 is 2.67 bits per heavy atom. The van der Waals surface area contributed by atoms with Crippen LogP contribution in [0.4, 0.5) is 24.5 Å². The molecule has 1 aliphatic carbocycles. The van der Waals surface area contributed by atoms with Gasteiger partial charge in [0.1, 0.15) is 12.2 Å². The zero-order valence-corrected chi connectivity index (χ0v) is 15.6. The van der Waals surface area contributed by atoms with Crippen molar-refractivity contribution in [2.24, 2.45) is 0 Å². The monoisotopic (exact) mass is 446 g/mol. The molecule has 0 bridgehead atoms. The molecule has 3 rings (SSSR count). The predicted molar refractivity (Wildman–Crippen MR) is 93.4 cm³/mol. The quantitative estimate of drug-likeness (QED) is 0.544. The fourth-order valence-electron chi connectivity index (χ4n) is 2.73. The van der Waals surface area contributed by atoms with Crippen LogP contribution in [0.1, 0.15) is 35.7 Å². The molecule has 144 valence electrons. The highest BCUT2D eigenvalue weighted by Gasteiger charge is 2.42. The van der Waals surface area contributed by atoms with Crippen LogP contribution in [0.3, 0.4) is 0 Å². The van der Waals surface area contributed by atoms with Gasteiger partial charge in [-0.25, -0.2) is 0 Å². The summed E-state index contributed by atoms with van der Waals surface area (Å²) in [5, 5.41) is 17.1. The minimum atomic E-state index is -4.65. The molecule has 7 nitrogen and oxygen atoms in total. The van der Waals surface area contributed by atoms with Crippen molar-refractivity contribution in [2.45, 2.75) is 38.4 Å². The maximum atomic E-state index is 13.1. The molecule has 27 heavy (non-hydrogen) atoms. The molecule has 1 amide bonds. The summed E-state index contributed by atoms with van der Waals surface area (Å²) in [4.78, 5) is 22.8. The molecule has 0 unspecified atom stereocenters. The number of carbonyl (C=O) groups excluding carboxylic acids is 1. The van der Waals surface area contributed by atoms with Crippen LogP contribution in [0.25, 0.3) is 0 Å². The average molecular weight is 447 g/mol. The molecule has 1 aromatic carbocycles.